The van der Waals surface area contributed by atoms with Gasteiger partial charge in [0.2, 0.25) is 0 Å². The number of hydrogen-bond donors (Lipinski definition) is 1. The summed E-state index contributed by atoms with van der Waals surface area (Å²) in [7, 11) is 0. The van der Waals surface area contributed by atoms with Crippen LogP contribution < -0.4 is 10.2 Å². The summed E-state index contributed by atoms with van der Waals surface area (Å²) >= 11 is 0. The SMILES string of the molecule is CC1CCCC(NCCN(Cc2ccccc2)c2ccccn2)C1C. The molecule has 1 aromatic heterocycles. The maximum atomic E-state index is 4.57. The summed E-state index contributed by atoms with van der Waals surface area (Å²) in [4.78, 5) is 6.94. The van der Waals surface area contributed by atoms with Crippen molar-refractivity contribution in [3.8, 4) is 0 Å². The number of rotatable bonds is 7. The van der Waals surface area contributed by atoms with Crippen molar-refractivity contribution in [1.29, 1.82) is 0 Å². The highest BCUT2D eigenvalue weighted by atomic mass is 15.2. The smallest absolute Gasteiger partial charge is 0.128 e. The minimum Gasteiger partial charge on any atom is -0.351 e. The topological polar surface area (TPSA) is 28.2 Å². The maximum absolute atomic E-state index is 4.57. The third-order valence-electron chi connectivity index (χ3n) is 5.68. The van der Waals surface area contributed by atoms with Gasteiger partial charge in [-0.1, -0.05) is 63.1 Å². The Morgan fingerprint density at radius 1 is 1.04 bits per heavy atom. The van der Waals surface area contributed by atoms with Crippen molar-refractivity contribution in [2.24, 2.45) is 11.8 Å². The highest BCUT2D eigenvalue weighted by Crippen LogP contribution is 2.29. The lowest BCUT2D eigenvalue weighted by molar-refractivity contribution is 0.208. The zero-order valence-electron chi connectivity index (χ0n) is 15.6. The van der Waals surface area contributed by atoms with E-state index in [1.165, 1.54) is 24.8 Å². The predicted molar refractivity (Wildman–Crippen MR) is 106 cm³/mol. The molecule has 134 valence electrons. The molecule has 3 unspecified atom stereocenters. The fourth-order valence-electron chi connectivity index (χ4n) is 3.87. The summed E-state index contributed by atoms with van der Waals surface area (Å²) in [5.41, 5.74) is 1.33. The van der Waals surface area contributed by atoms with E-state index in [0.717, 1.165) is 37.3 Å². The number of hydrogen-bond acceptors (Lipinski definition) is 3. The zero-order valence-corrected chi connectivity index (χ0v) is 15.6. The highest BCUT2D eigenvalue weighted by Gasteiger charge is 2.26. The van der Waals surface area contributed by atoms with Gasteiger partial charge in [-0.15, -0.1) is 0 Å². The van der Waals surface area contributed by atoms with Crippen LogP contribution in [-0.4, -0.2) is 24.1 Å². The van der Waals surface area contributed by atoms with Crippen LogP contribution >= 0.6 is 0 Å². The molecule has 3 heteroatoms. The Morgan fingerprint density at radius 2 is 1.84 bits per heavy atom. The number of nitrogens with zero attached hydrogens (tertiary/aromatic N) is 2. The van der Waals surface area contributed by atoms with E-state index < -0.39 is 0 Å². The molecule has 1 saturated carbocycles. The van der Waals surface area contributed by atoms with Crippen molar-refractivity contribution in [3.63, 3.8) is 0 Å². The number of nitrogens with one attached hydrogen (secondary N) is 1. The van der Waals surface area contributed by atoms with Crippen LogP contribution in [0.3, 0.4) is 0 Å². The molecule has 3 rings (SSSR count). The molecule has 2 aromatic rings. The van der Waals surface area contributed by atoms with Crippen LogP contribution in [0.4, 0.5) is 5.82 Å². The Labute approximate surface area is 152 Å². The number of benzene rings is 1. The molecule has 1 N–H and O–H groups in total. The molecule has 1 aliphatic carbocycles. The second kappa shape index (κ2) is 9.00. The molecule has 0 radical (unpaired) electrons. The Balaban J connectivity index is 1.60. The first-order valence-corrected chi connectivity index (χ1v) is 9.67. The average Bonchev–Trinajstić information content (AvgIpc) is 2.66. The first kappa shape index (κ1) is 17.9. The highest BCUT2D eigenvalue weighted by molar-refractivity contribution is 5.39. The lowest BCUT2D eigenvalue weighted by Gasteiger charge is -2.35. The number of pyridine rings is 1. The molecule has 3 nitrogen and oxygen atoms in total. The lowest BCUT2D eigenvalue weighted by atomic mass is 9.78. The summed E-state index contributed by atoms with van der Waals surface area (Å²) in [5, 5.41) is 3.82. The van der Waals surface area contributed by atoms with Gasteiger partial charge in [0.25, 0.3) is 0 Å². The van der Waals surface area contributed by atoms with Crippen molar-refractivity contribution < 1.29 is 0 Å². The van der Waals surface area contributed by atoms with E-state index >= 15 is 0 Å². The van der Waals surface area contributed by atoms with Crippen LogP contribution in [0.1, 0.15) is 38.7 Å². The summed E-state index contributed by atoms with van der Waals surface area (Å²) in [5.74, 6) is 2.66. The largest absolute Gasteiger partial charge is 0.351 e. The van der Waals surface area contributed by atoms with E-state index in [4.69, 9.17) is 0 Å². The van der Waals surface area contributed by atoms with Crippen LogP contribution in [0.5, 0.6) is 0 Å². The van der Waals surface area contributed by atoms with Crippen molar-refractivity contribution in [1.82, 2.24) is 10.3 Å². The van der Waals surface area contributed by atoms with Gasteiger partial charge in [0.15, 0.2) is 0 Å². The van der Waals surface area contributed by atoms with Crippen molar-refractivity contribution >= 4 is 5.82 Å². The van der Waals surface area contributed by atoms with Crippen molar-refractivity contribution in [2.45, 2.75) is 45.7 Å². The van der Waals surface area contributed by atoms with E-state index in [-0.39, 0.29) is 0 Å². The summed E-state index contributed by atoms with van der Waals surface area (Å²) in [6.45, 7) is 7.68. The van der Waals surface area contributed by atoms with Crippen LogP contribution in [0, 0.1) is 11.8 Å². The average molecular weight is 338 g/mol. The predicted octanol–water partition coefficient (Wildman–Crippen LogP) is 4.50. The fraction of sp³-hybridized carbons (Fsp3) is 0.500. The number of anilines is 1. The molecule has 0 bridgehead atoms. The quantitative estimate of drug-likeness (QED) is 0.806. The van der Waals surface area contributed by atoms with Crippen LogP contribution in [0.2, 0.25) is 0 Å². The molecule has 1 fully saturated rings. The van der Waals surface area contributed by atoms with Gasteiger partial charge >= 0.3 is 0 Å². The van der Waals surface area contributed by atoms with E-state index in [2.05, 4.69) is 71.5 Å². The summed E-state index contributed by atoms with van der Waals surface area (Å²) in [6, 6.07) is 17.5. The van der Waals surface area contributed by atoms with Crippen LogP contribution in [0.15, 0.2) is 54.7 Å². The molecular weight excluding hydrogens is 306 g/mol. The molecule has 0 amide bonds. The van der Waals surface area contributed by atoms with E-state index in [9.17, 15) is 0 Å². The Kier molecular flexibility index (Phi) is 6.46. The zero-order chi connectivity index (χ0) is 17.5. The van der Waals surface area contributed by atoms with Crippen LogP contribution in [-0.2, 0) is 6.54 Å². The molecule has 0 spiro atoms. The fourth-order valence-corrected chi connectivity index (χ4v) is 3.87. The van der Waals surface area contributed by atoms with Gasteiger partial charge in [-0.25, -0.2) is 4.98 Å². The van der Waals surface area contributed by atoms with Crippen molar-refractivity contribution in [3.05, 3.63) is 60.3 Å². The third kappa shape index (κ3) is 5.05. The van der Waals surface area contributed by atoms with E-state index in [1.807, 2.05) is 12.3 Å². The first-order chi connectivity index (χ1) is 12.2. The lowest BCUT2D eigenvalue weighted by Crippen LogP contribution is -2.44. The molecular formula is C22H31N3. The Morgan fingerprint density at radius 3 is 2.60 bits per heavy atom. The third-order valence-corrected chi connectivity index (χ3v) is 5.68. The molecule has 0 aliphatic heterocycles. The molecule has 1 heterocycles. The second-order valence-corrected chi connectivity index (χ2v) is 7.42. The second-order valence-electron chi connectivity index (χ2n) is 7.42. The first-order valence-electron chi connectivity index (χ1n) is 9.67. The van der Waals surface area contributed by atoms with Gasteiger partial charge < -0.3 is 10.2 Å². The molecule has 1 aromatic carbocycles. The van der Waals surface area contributed by atoms with Gasteiger partial charge in [-0.05, 0) is 36.0 Å². The monoisotopic (exact) mass is 337 g/mol. The number of aromatic nitrogens is 1. The maximum Gasteiger partial charge on any atom is 0.128 e. The minimum atomic E-state index is 0.658. The minimum absolute atomic E-state index is 0.658. The standard InChI is InChI=1S/C22H31N3/c1-18-9-8-12-21(19(18)2)23-15-16-25(22-13-6-7-14-24-22)17-20-10-4-3-5-11-20/h3-7,10-11,13-14,18-19,21,23H,8-9,12,15-17H2,1-2H3. The van der Waals surface area contributed by atoms with Gasteiger partial charge in [-0.3, -0.25) is 0 Å². The van der Waals surface area contributed by atoms with Gasteiger partial charge in [0, 0.05) is 31.9 Å². The summed E-state index contributed by atoms with van der Waals surface area (Å²) < 4.78 is 0. The van der Waals surface area contributed by atoms with Gasteiger partial charge in [0.05, 0.1) is 0 Å². The normalized spacial score (nSPS) is 23.4. The molecule has 25 heavy (non-hydrogen) atoms. The van der Waals surface area contributed by atoms with Crippen LogP contribution in [0.25, 0.3) is 0 Å². The van der Waals surface area contributed by atoms with E-state index in [0.29, 0.717) is 6.04 Å². The van der Waals surface area contributed by atoms with E-state index in [1.54, 1.807) is 0 Å². The molecule has 1 aliphatic rings. The molecule has 3 atom stereocenters. The Hall–Kier alpha value is -1.87. The van der Waals surface area contributed by atoms with Gasteiger partial charge in [0.1, 0.15) is 5.82 Å². The molecule has 0 saturated heterocycles. The van der Waals surface area contributed by atoms with Gasteiger partial charge in [-0.2, -0.15) is 0 Å². The summed E-state index contributed by atoms with van der Waals surface area (Å²) in [6.07, 6.45) is 5.93. The Bertz CT molecular complexity index is 614. The van der Waals surface area contributed by atoms with Crippen molar-refractivity contribution in [2.75, 3.05) is 18.0 Å².